The minimum Gasteiger partial charge on any atom is -0.508 e. The molecule has 11 nitrogen and oxygen atoms in total. The van der Waals surface area contributed by atoms with Gasteiger partial charge in [0, 0.05) is 76.2 Å². The second-order valence-corrected chi connectivity index (χ2v) is 16.5. The van der Waals surface area contributed by atoms with Crippen molar-refractivity contribution in [2.75, 3.05) is 44.7 Å². The molecule has 9 rings (SSSR count). The van der Waals surface area contributed by atoms with Crippen LogP contribution in [0.3, 0.4) is 0 Å². The fourth-order valence-electron chi connectivity index (χ4n) is 9.89. The second-order valence-electron chi connectivity index (χ2n) is 16.5. The average molecular weight is 771 g/mol. The predicted molar refractivity (Wildman–Crippen MR) is 215 cm³/mol. The smallest absolute Gasteiger partial charge is 0.258 e. The maximum atomic E-state index is 13.4. The number of aliphatic hydroxyl groups is 1. The van der Waals surface area contributed by atoms with Gasteiger partial charge in [-0.1, -0.05) is 48.5 Å². The molecule has 296 valence electrons. The minimum atomic E-state index is -0.740. The molecule has 57 heavy (non-hydrogen) atoms. The zero-order chi connectivity index (χ0) is 39.3. The molecule has 3 amide bonds. The summed E-state index contributed by atoms with van der Waals surface area (Å²) in [4.78, 5) is 43.9. The highest BCUT2D eigenvalue weighted by molar-refractivity contribution is 6.06. The van der Waals surface area contributed by atoms with Crippen molar-refractivity contribution in [2.45, 2.75) is 81.1 Å². The van der Waals surface area contributed by atoms with E-state index in [4.69, 9.17) is 9.47 Å². The molecule has 3 fully saturated rings. The van der Waals surface area contributed by atoms with Gasteiger partial charge < -0.3 is 29.5 Å². The number of nitrogens with zero attached hydrogens (tertiary/aromatic N) is 3. The molecule has 0 spiro atoms. The highest BCUT2D eigenvalue weighted by Crippen LogP contribution is 2.47. The van der Waals surface area contributed by atoms with Crippen molar-refractivity contribution in [3.8, 4) is 17.2 Å². The number of ether oxygens (including phenoxy) is 2. The number of benzene rings is 4. The Morgan fingerprint density at radius 2 is 1.61 bits per heavy atom. The van der Waals surface area contributed by atoms with Gasteiger partial charge in [-0.05, 0) is 89.8 Å². The maximum absolute atomic E-state index is 13.4. The van der Waals surface area contributed by atoms with Crippen LogP contribution in [-0.4, -0.2) is 95.3 Å². The van der Waals surface area contributed by atoms with Crippen molar-refractivity contribution >= 4 is 23.4 Å². The molecule has 4 aromatic rings. The van der Waals surface area contributed by atoms with E-state index in [1.54, 1.807) is 18.1 Å². The summed E-state index contributed by atoms with van der Waals surface area (Å²) in [6.45, 7) is 4.40. The van der Waals surface area contributed by atoms with E-state index in [1.807, 2.05) is 18.2 Å². The molecule has 11 heteroatoms. The van der Waals surface area contributed by atoms with Crippen molar-refractivity contribution in [3.05, 3.63) is 118 Å². The topological polar surface area (TPSA) is 132 Å². The number of aryl methyl sites for hydroxylation is 1. The molecule has 0 aromatic heterocycles. The number of anilines is 1. The maximum Gasteiger partial charge on any atom is 0.258 e. The molecule has 3 heterocycles. The Kier molecular flexibility index (Phi) is 9.90. The van der Waals surface area contributed by atoms with Gasteiger partial charge in [0.25, 0.3) is 5.91 Å². The van der Waals surface area contributed by atoms with E-state index in [0.29, 0.717) is 55.2 Å². The molecular weight excluding hydrogens is 721 g/mol. The molecular formula is C46H50N4O7. The van der Waals surface area contributed by atoms with Crippen LogP contribution in [0.2, 0.25) is 0 Å². The number of piperazine rings is 1. The SMILES string of the molecule is COc1cc(N2CCN(CCC3(O)CC(Oc4ccc([C@@H]5c6ccc(O)cc6CC[C@@H]5c5ccccc5)cc4)C3)CC2)cc2c1C(=O)N(C1CCC(=O)NC1=O)C2. The number of carbonyl (C=O) groups is 3. The minimum absolute atomic E-state index is 0.0271. The first kappa shape index (κ1) is 37.2. The summed E-state index contributed by atoms with van der Waals surface area (Å²) in [5, 5.41) is 23.9. The zero-order valence-corrected chi connectivity index (χ0v) is 32.4. The number of aromatic hydroxyl groups is 1. The van der Waals surface area contributed by atoms with Gasteiger partial charge in [0.2, 0.25) is 11.8 Å². The number of rotatable bonds is 10. The predicted octanol–water partition coefficient (Wildman–Crippen LogP) is 5.51. The number of phenolic OH excluding ortho intramolecular Hbond substituents is 1. The number of fused-ring (bicyclic) bond motifs is 2. The van der Waals surface area contributed by atoms with Crippen molar-refractivity contribution < 1.29 is 34.1 Å². The van der Waals surface area contributed by atoms with Crippen LogP contribution in [0.25, 0.3) is 0 Å². The molecule has 2 saturated heterocycles. The first-order valence-electron chi connectivity index (χ1n) is 20.3. The Hall–Kier alpha value is -5.39. The van der Waals surface area contributed by atoms with Crippen LogP contribution in [0.4, 0.5) is 5.69 Å². The van der Waals surface area contributed by atoms with Gasteiger partial charge in [-0.15, -0.1) is 0 Å². The van der Waals surface area contributed by atoms with Crippen LogP contribution >= 0.6 is 0 Å². The summed E-state index contributed by atoms with van der Waals surface area (Å²) in [6.07, 6.45) is 4.36. The Bertz CT molecular complexity index is 2160. The molecule has 1 unspecified atom stereocenters. The summed E-state index contributed by atoms with van der Waals surface area (Å²) >= 11 is 0. The number of phenols is 1. The molecule has 3 atom stereocenters. The summed E-state index contributed by atoms with van der Waals surface area (Å²) in [6, 6.07) is 28.3. The fourth-order valence-corrected chi connectivity index (χ4v) is 9.89. The van der Waals surface area contributed by atoms with E-state index in [2.05, 4.69) is 75.8 Å². The summed E-state index contributed by atoms with van der Waals surface area (Å²) in [7, 11) is 1.56. The fraction of sp³-hybridized carbons (Fsp3) is 0.413. The van der Waals surface area contributed by atoms with Crippen LogP contribution < -0.4 is 19.7 Å². The Labute approximate surface area is 333 Å². The zero-order valence-electron chi connectivity index (χ0n) is 32.4. The third-order valence-electron chi connectivity index (χ3n) is 13.0. The van der Waals surface area contributed by atoms with E-state index in [1.165, 1.54) is 22.3 Å². The molecule has 3 aliphatic heterocycles. The lowest BCUT2D eigenvalue weighted by Gasteiger charge is -2.45. The second kappa shape index (κ2) is 15.2. The van der Waals surface area contributed by atoms with Crippen LogP contribution in [0.5, 0.6) is 17.2 Å². The highest BCUT2D eigenvalue weighted by Gasteiger charge is 2.45. The monoisotopic (exact) mass is 770 g/mol. The summed E-state index contributed by atoms with van der Waals surface area (Å²) in [5.74, 6) is 1.18. The van der Waals surface area contributed by atoms with Gasteiger partial charge in [-0.3, -0.25) is 24.6 Å². The molecule has 0 radical (unpaired) electrons. The van der Waals surface area contributed by atoms with E-state index in [0.717, 1.165) is 62.6 Å². The lowest BCUT2D eigenvalue weighted by Crippen LogP contribution is -2.53. The van der Waals surface area contributed by atoms with Crippen molar-refractivity contribution in [2.24, 2.45) is 0 Å². The molecule has 4 aromatic carbocycles. The number of methoxy groups -OCH3 is 1. The van der Waals surface area contributed by atoms with Crippen molar-refractivity contribution in [3.63, 3.8) is 0 Å². The number of piperidine rings is 1. The van der Waals surface area contributed by atoms with Gasteiger partial charge in [0.15, 0.2) is 0 Å². The number of amides is 3. The van der Waals surface area contributed by atoms with E-state index in [-0.39, 0.29) is 30.3 Å². The van der Waals surface area contributed by atoms with Crippen molar-refractivity contribution in [1.82, 2.24) is 15.1 Å². The molecule has 3 N–H and O–H groups in total. The van der Waals surface area contributed by atoms with Crippen molar-refractivity contribution in [1.29, 1.82) is 0 Å². The lowest BCUT2D eigenvalue weighted by atomic mass is 9.69. The van der Waals surface area contributed by atoms with E-state index >= 15 is 0 Å². The number of carbonyl (C=O) groups excluding carboxylic acids is 3. The number of hydrogen-bond acceptors (Lipinski definition) is 9. The molecule has 5 aliphatic rings. The number of imide groups is 1. The van der Waals surface area contributed by atoms with E-state index in [9.17, 15) is 24.6 Å². The van der Waals surface area contributed by atoms with E-state index < -0.39 is 17.6 Å². The van der Waals surface area contributed by atoms with Crippen LogP contribution in [0.1, 0.15) is 88.5 Å². The van der Waals surface area contributed by atoms with Gasteiger partial charge in [0.1, 0.15) is 29.4 Å². The Morgan fingerprint density at radius 1 is 0.842 bits per heavy atom. The van der Waals surface area contributed by atoms with Crippen LogP contribution in [0.15, 0.2) is 84.9 Å². The lowest BCUT2D eigenvalue weighted by molar-refractivity contribution is -0.136. The van der Waals surface area contributed by atoms with Gasteiger partial charge >= 0.3 is 0 Å². The largest absolute Gasteiger partial charge is 0.508 e. The number of hydrogen-bond donors (Lipinski definition) is 3. The van der Waals surface area contributed by atoms with Crippen LogP contribution in [0, 0.1) is 0 Å². The Balaban J connectivity index is 0.769. The molecule has 0 bridgehead atoms. The first-order valence-corrected chi connectivity index (χ1v) is 20.3. The average Bonchev–Trinajstić information content (AvgIpc) is 3.54. The highest BCUT2D eigenvalue weighted by atomic mass is 16.5. The standard InChI is InChI=1S/C46H50N4O7/c1-56-40-25-33(23-32-28-50(45(54)43(32)40)39-15-16-41(52)47-44(39)53)49-21-19-48(20-22-49)18-17-46(55)26-36(27-46)57-35-11-7-30(8-12-35)42-37(29-5-3-2-4-6-29)13-9-31-24-34(51)10-14-38(31)42/h2-8,10-12,14,23-25,36-37,39,42,51,55H,9,13,15-22,26-28H2,1H3,(H,47,52,53)/t36?,37-,39?,42+,46?/m1/s1. The normalized spacial score (nSPS) is 26.0. The van der Waals surface area contributed by atoms with Gasteiger partial charge in [-0.2, -0.15) is 0 Å². The molecule has 1 saturated carbocycles. The third-order valence-corrected chi connectivity index (χ3v) is 13.0. The quantitative estimate of drug-likeness (QED) is 0.179. The number of nitrogens with one attached hydrogen (secondary N) is 1. The summed E-state index contributed by atoms with van der Waals surface area (Å²) < 4.78 is 12.0. The first-order chi connectivity index (χ1) is 27.6. The summed E-state index contributed by atoms with van der Waals surface area (Å²) in [5.41, 5.74) is 6.60. The van der Waals surface area contributed by atoms with Crippen LogP contribution in [-0.2, 0) is 22.6 Å². The van der Waals surface area contributed by atoms with Gasteiger partial charge in [0.05, 0.1) is 18.3 Å². The Morgan fingerprint density at radius 3 is 2.35 bits per heavy atom. The third kappa shape index (κ3) is 7.34. The molecule has 2 aliphatic carbocycles. The van der Waals surface area contributed by atoms with Gasteiger partial charge in [-0.25, -0.2) is 0 Å².